The van der Waals surface area contributed by atoms with Gasteiger partial charge in [0.05, 0.1) is 22.7 Å². The maximum atomic E-state index is 13.6. The number of alkyl halides is 3. The molecule has 1 saturated carbocycles. The van der Waals surface area contributed by atoms with Gasteiger partial charge in [-0.25, -0.2) is 4.79 Å². The average Bonchev–Trinajstić information content (AvgIpc) is 3.54. The number of nitrogens with one attached hydrogen (secondary N) is 1. The summed E-state index contributed by atoms with van der Waals surface area (Å²) in [5, 5.41) is 12.2. The van der Waals surface area contributed by atoms with Crippen LogP contribution in [-0.2, 0) is 17.5 Å². The molecule has 0 radical (unpaired) electrons. The Morgan fingerprint density at radius 2 is 1.68 bits per heavy atom. The van der Waals surface area contributed by atoms with Crippen molar-refractivity contribution < 1.29 is 27.9 Å². The molecule has 5 nitrogen and oxygen atoms in total. The lowest BCUT2D eigenvalue weighted by atomic mass is 9.78. The first-order valence-corrected chi connectivity index (χ1v) is 11.5. The van der Waals surface area contributed by atoms with E-state index in [9.17, 15) is 22.8 Å². The molecule has 34 heavy (non-hydrogen) atoms. The Bertz CT molecular complexity index is 1060. The van der Waals surface area contributed by atoms with Crippen LogP contribution in [0.1, 0.15) is 72.6 Å². The van der Waals surface area contributed by atoms with Crippen LogP contribution in [-0.4, -0.2) is 34.0 Å². The van der Waals surface area contributed by atoms with Gasteiger partial charge in [0.2, 0.25) is 5.91 Å². The molecule has 0 bridgehead atoms. The molecule has 2 aromatic carbocycles. The number of hydrogen-bond donors (Lipinski definition) is 2. The van der Waals surface area contributed by atoms with Gasteiger partial charge in [0.15, 0.2) is 0 Å². The van der Waals surface area contributed by atoms with E-state index in [2.05, 4.69) is 10.2 Å². The number of hydrogen-bond acceptors (Lipinski definition) is 3. The Labute approximate surface area is 197 Å². The summed E-state index contributed by atoms with van der Waals surface area (Å²) in [5.74, 6) is -1.13. The van der Waals surface area contributed by atoms with E-state index >= 15 is 0 Å². The Hall–Kier alpha value is -2.87. The number of amides is 1. The Balaban J connectivity index is 1.51. The quantitative estimate of drug-likeness (QED) is 0.587. The van der Waals surface area contributed by atoms with Crippen LogP contribution in [0, 0.1) is 5.41 Å². The maximum absolute atomic E-state index is 13.6. The SMILES string of the molecule is CC(NC(=O)C1(C)CC2(CCN1Cc1ccc(C(F)(F)F)cc1)CC2)c1ccc(C(=O)O)cc1. The molecule has 1 spiro atoms. The van der Waals surface area contributed by atoms with Crippen LogP contribution in [0.5, 0.6) is 0 Å². The lowest BCUT2D eigenvalue weighted by molar-refractivity contribution is -0.138. The summed E-state index contributed by atoms with van der Waals surface area (Å²) in [7, 11) is 0. The number of benzene rings is 2. The third-order valence-corrected chi connectivity index (χ3v) is 7.44. The Morgan fingerprint density at radius 1 is 1.06 bits per heavy atom. The lowest BCUT2D eigenvalue weighted by Gasteiger charge is -2.47. The zero-order chi connectivity index (χ0) is 24.7. The van der Waals surface area contributed by atoms with Gasteiger partial charge < -0.3 is 10.4 Å². The predicted molar refractivity (Wildman–Crippen MR) is 121 cm³/mol. The van der Waals surface area contributed by atoms with Crippen molar-refractivity contribution in [2.45, 2.75) is 63.8 Å². The second-order valence-corrected chi connectivity index (χ2v) is 9.94. The molecule has 2 aliphatic rings. The van der Waals surface area contributed by atoms with Gasteiger partial charge in [-0.2, -0.15) is 13.2 Å². The summed E-state index contributed by atoms with van der Waals surface area (Å²) in [6, 6.07) is 11.2. The lowest BCUT2D eigenvalue weighted by Crippen LogP contribution is -2.60. The molecular weight excluding hydrogens is 445 g/mol. The van der Waals surface area contributed by atoms with Crippen LogP contribution in [0.15, 0.2) is 48.5 Å². The van der Waals surface area contributed by atoms with Crippen molar-refractivity contribution in [3.05, 3.63) is 70.8 Å². The van der Waals surface area contributed by atoms with E-state index < -0.39 is 23.2 Å². The summed E-state index contributed by atoms with van der Waals surface area (Å²) < 4.78 is 38.8. The number of likely N-dealkylation sites (tertiary alicyclic amines) is 1. The molecule has 1 saturated heterocycles. The molecule has 2 unspecified atom stereocenters. The van der Waals surface area contributed by atoms with Crippen molar-refractivity contribution in [3.63, 3.8) is 0 Å². The highest BCUT2D eigenvalue weighted by Crippen LogP contribution is 2.58. The number of piperidine rings is 1. The minimum atomic E-state index is -4.38. The van der Waals surface area contributed by atoms with E-state index in [4.69, 9.17) is 5.11 Å². The fourth-order valence-electron chi connectivity index (χ4n) is 5.00. The van der Waals surface area contributed by atoms with Crippen molar-refractivity contribution in [3.8, 4) is 0 Å². The van der Waals surface area contributed by atoms with E-state index in [0.717, 1.165) is 42.5 Å². The van der Waals surface area contributed by atoms with Gasteiger partial charge in [0.1, 0.15) is 0 Å². The number of carboxylic acids is 1. The second-order valence-electron chi connectivity index (χ2n) is 9.94. The van der Waals surface area contributed by atoms with Gasteiger partial charge in [-0.15, -0.1) is 0 Å². The van der Waals surface area contributed by atoms with Gasteiger partial charge in [-0.1, -0.05) is 24.3 Å². The number of carboxylic acid groups (broad SMARTS) is 1. The van der Waals surface area contributed by atoms with E-state index in [1.807, 2.05) is 13.8 Å². The van der Waals surface area contributed by atoms with Crippen LogP contribution >= 0.6 is 0 Å². The van der Waals surface area contributed by atoms with E-state index in [0.29, 0.717) is 19.5 Å². The molecule has 182 valence electrons. The van der Waals surface area contributed by atoms with Gasteiger partial charge in [0.25, 0.3) is 0 Å². The number of carbonyl (C=O) groups excluding carboxylic acids is 1. The molecule has 1 amide bonds. The summed E-state index contributed by atoms with van der Waals surface area (Å²) >= 11 is 0. The zero-order valence-electron chi connectivity index (χ0n) is 19.3. The minimum Gasteiger partial charge on any atom is -0.478 e. The first-order valence-electron chi connectivity index (χ1n) is 11.5. The molecule has 2 atom stereocenters. The fourth-order valence-corrected chi connectivity index (χ4v) is 5.00. The number of rotatable bonds is 6. The summed E-state index contributed by atoms with van der Waals surface area (Å²) in [4.78, 5) is 26.8. The topological polar surface area (TPSA) is 69.6 Å². The number of carbonyl (C=O) groups is 2. The largest absolute Gasteiger partial charge is 0.478 e. The van der Waals surface area contributed by atoms with Crippen LogP contribution < -0.4 is 5.32 Å². The molecule has 8 heteroatoms. The molecule has 2 fully saturated rings. The molecule has 2 N–H and O–H groups in total. The highest BCUT2D eigenvalue weighted by Gasteiger charge is 2.55. The van der Waals surface area contributed by atoms with Crippen molar-refractivity contribution in [2.75, 3.05) is 6.54 Å². The number of nitrogens with zero attached hydrogens (tertiary/aromatic N) is 1. The van der Waals surface area contributed by atoms with Crippen LogP contribution in [0.3, 0.4) is 0 Å². The van der Waals surface area contributed by atoms with Crippen LogP contribution in [0.2, 0.25) is 0 Å². The Morgan fingerprint density at radius 3 is 2.21 bits per heavy atom. The highest BCUT2D eigenvalue weighted by atomic mass is 19.4. The van der Waals surface area contributed by atoms with Gasteiger partial charge >= 0.3 is 12.1 Å². The molecule has 2 aromatic rings. The predicted octanol–water partition coefficient (Wildman–Crippen LogP) is 5.42. The summed E-state index contributed by atoms with van der Waals surface area (Å²) in [6.45, 7) is 4.87. The van der Waals surface area contributed by atoms with Crippen molar-refractivity contribution in [2.24, 2.45) is 5.41 Å². The van der Waals surface area contributed by atoms with E-state index in [1.165, 1.54) is 24.3 Å². The van der Waals surface area contributed by atoms with Crippen LogP contribution in [0.25, 0.3) is 0 Å². The fraction of sp³-hybridized carbons (Fsp3) is 0.462. The van der Waals surface area contributed by atoms with Crippen LogP contribution in [0.4, 0.5) is 13.2 Å². The zero-order valence-corrected chi connectivity index (χ0v) is 19.3. The minimum absolute atomic E-state index is 0.125. The number of halogens is 3. The highest BCUT2D eigenvalue weighted by molar-refractivity contribution is 5.88. The second kappa shape index (κ2) is 8.73. The average molecular weight is 475 g/mol. The third kappa shape index (κ3) is 4.97. The first-order chi connectivity index (χ1) is 15.9. The number of aromatic carboxylic acids is 1. The monoisotopic (exact) mass is 474 g/mol. The van der Waals surface area contributed by atoms with Crippen molar-refractivity contribution in [1.29, 1.82) is 0 Å². The summed E-state index contributed by atoms with van der Waals surface area (Å²) in [5.41, 5.74) is 0.404. The summed E-state index contributed by atoms with van der Waals surface area (Å²) in [6.07, 6.45) is -0.512. The van der Waals surface area contributed by atoms with Gasteiger partial charge in [0, 0.05) is 13.1 Å². The molecule has 1 aliphatic carbocycles. The standard InChI is InChI=1S/C26H29F3N2O3/c1-17(19-5-7-20(8-6-19)22(32)33)30-23(34)24(2)16-25(11-12-25)13-14-31(24)15-18-3-9-21(10-4-18)26(27,28)29/h3-10,17H,11-16H2,1-2H3,(H,30,34)(H,32,33). The molecular formula is C26H29F3N2O3. The molecule has 0 aromatic heterocycles. The first kappa shape index (κ1) is 24.3. The normalized spacial score (nSPS) is 22.9. The maximum Gasteiger partial charge on any atom is 0.416 e. The van der Waals surface area contributed by atoms with E-state index in [1.54, 1.807) is 12.1 Å². The molecule has 1 heterocycles. The smallest absolute Gasteiger partial charge is 0.416 e. The third-order valence-electron chi connectivity index (χ3n) is 7.44. The molecule has 4 rings (SSSR count). The Kier molecular flexibility index (Phi) is 6.23. The van der Waals surface area contributed by atoms with Gasteiger partial charge in [-0.3, -0.25) is 9.69 Å². The van der Waals surface area contributed by atoms with E-state index in [-0.39, 0.29) is 22.9 Å². The molecule has 1 aliphatic heterocycles. The van der Waals surface area contributed by atoms with Gasteiger partial charge in [-0.05, 0) is 80.3 Å². The van der Waals surface area contributed by atoms with Crippen molar-refractivity contribution >= 4 is 11.9 Å². The van der Waals surface area contributed by atoms with Crippen molar-refractivity contribution in [1.82, 2.24) is 10.2 Å².